The summed E-state index contributed by atoms with van der Waals surface area (Å²) >= 11 is 0. The molecule has 7 heteroatoms. The summed E-state index contributed by atoms with van der Waals surface area (Å²) in [7, 11) is 0. The number of amides is 1. The molecular formula is C25H26F2N2O3. The first-order valence-electron chi connectivity index (χ1n) is 10.3. The Morgan fingerprint density at radius 2 is 1.47 bits per heavy atom. The van der Waals surface area contributed by atoms with Crippen LogP contribution in [0, 0.1) is 0 Å². The molecule has 0 spiro atoms. The third kappa shape index (κ3) is 6.35. The van der Waals surface area contributed by atoms with Crippen LogP contribution in [0.3, 0.4) is 0 Å². The summed E-state index contributed by atoms with van der Waals surface area (Å²) < 4.78 is 34.6. The van der Waals surface area contributed by atoms with Crippen LogP contribution in [0.1, 0.15) is 16.7 Å². The van der Waals surface area contributed by atoms with Gasteiger partial charge < -0.3 is 20.9 Å². The van der Waals surface area contributed by atoms with Gasteiger partial charge in [-0.15, -0.1) is 0 Å². The number of ether oxygens (including phenoxy) is 1. The second-order valence-corrected chi connectivity index (χ2v) is 7.52. The highest BCUT2D eigenvalue weighted by molar-refractivity contribution is 5.84. The molecule has 3 rings (SSSR count). The molecule has 0 aliphatic heterocycles. The smallest absolute Gasteiger partial charge is 0.351 e. The van der Waals surface area contributed by atoms with Gasteiger partial charge in [0.05, 0.1) is 0 Å². The third-order valence-electron chi connectivity index (χ3n) is 5.02. The number of nitrogens with one attached hydrogen (secondary N) is 1. The first kappa shape index (κ1) is 23.4. The summed E-state index contributed by atoms with van der Waals surface area (Å²) in [5, 5.41) is 12.2. The number of hydrogen-bond donors (Lipinski definition) is 3. The molecule has 2 atom stereocenters. The Balaban J connectivity index is 1.52. The van der Waals surface area contributed by atoms with Crippen molar-refractivity contribution >= 4 is 5.91 Å². The maximum absolute atomic E-state index is 14.4. The Morgan fingerprint density at radius 3 is 2.06 bits per heavy atom. The lowest BCUT2D eigenvalue weighted by Crippen LogP contribution is -2.55. The molecule has 4 N–H and O–H groups in total. The normalized spacial score (nSPS) is 13.2. The molecule has 0 heterocycles. The van der Waals surface area contributed by atoms with Crippen molar-refractivity contribution in [3.8, 4) is 5.75 Å². The summed E-state index contributed by atoms with van der Waals surface area (Å²) in [6.45, 7) is 0.338. The van der Waals surface area contributed by atoms with E-state index in [2.05, 4.69) is 5.32 Å². The molecule has 0 saturated carbocycles. The Labute approximate surface area is 185 Å². The topological polar surface area (TPSA) is 84.6 Å². The Bertz CT molecular complexity index is 983. The van der Waals surface area contributed by atoms with E-state index in [-0.39, 0.29) is 13.0 Å². The zero-order chi connectivity index (χ0) is 23.0. The van der Waals surface area contributed by atoms with E-state index in [1.807, 2.05) is 30.3 Å². The number of halogens is 2. The Kier molecular flexibility index (Phi) is 7.92. The van der Waals surface area contributed by atoms with Gasteiger partial charge in [-0.3, -0.25) is 4.79 Å². The van der Waals surface area contributed by atoms with Crippen LogP contribution in [0.25, 0.3) is 0 Å². The highest BCUT2D eigenvalue weighted by Crippen LogP contribution is 2.23. The minimum absolute atomic E-state index is 0.0261. The van der Waals surface area contributed by atoms with Crippen LogP contribution in [0.15, 0.2) is 84.9 Å². The first-order chi connectivity index (χ1) is 15.4. The monoisotopic (exact) mass is 440 g/mol. The average molecular weight is 440 g/mol. The first-order valence-corrected chi connectivity index (χ1v) is 10.3. The minimum atomic E-state index is -4.02. The molecule has 168 valence electrons. The van der Waals surface area contributed by atoms with Gasteiger partial charge in [0.1, 0.15) is 18.5 Å². The lowest BCUT2D eigenvalue weighted by atomic mass is 9.97. The average Bonchev–Trinajstić information content (AvgIpc) is 2.82. The summed E-state index contributed by atoms with van der Waals surface area (Å²) in [4.78, 5) is 12.0. The van der Waals surface area contributed by atoms with Gasteiger partial charge >= 0.3 is 5.92 Å². The number of aliphatic hydroxyl groups is 1. The highest BCUT2D eigenvalue weighted by atomic mass is 19.3. The van der Waals surface area contributed by atoms with Crippen molar-refractivity contribution in [1.82, 2.24) is 5.32 Å². The zero-order valence-electron chi connectivity index (χ0n) is 17.5. The van der Waals surface area contributed by atoms with Crippen LogP contribution >= 0.6 is 0 Å². The van der Waals surface area contributed by atoms with E-state index < -0.39 is 24.0 Å². The van der Waals surface area contributed by atoms with E-state index in [0.717, 1.165) is 5.56 Å². The van der Waals surface area contributed by atoms with Gasteiger partial charge in [0.25, 0.3) is 5.91 Å². The molecule has 2 unspecified atom stereocenters. The molecule has 32 heavy (non-hydrogen) atoms. The molecule has 0 radical (unpaired) electrons. The minimum Gasteiger partial charge on any atom is -0.489 e. The predicted octanol–water partition coefficient (Wildman–Crippen LogP) is 3.45. The molecular weight excluding hydrogens is 414 g/mol. The lowest BCUT2D eigenvalue weighted by molar-refractivity contribution is -0.165. The van der Waals surface area contributed by atoms with Crippen LogP contribution < -0.4 is 15.8 Å². The maximum Gasteiger partial charge on any atom is 0.351 e. The van der Waals surface area contributed by atoms with Crippen LogP contribution in [0.4, 0.5) is 8.78 Å². The summed E-state index contributed by atoms with van der Waals surface area (Å²) in [6.07, 6.45) is -2.35. The molecule has 0 aromatic heterocycles. The van der Waals surface area contributed by atoms with Crippen molar-refractivity contribution in [1.29, 1.82) is 0 Å². The number of carbonyl (C=O) groups is 1. The van der Waals surface area contributed by atoms with E-state index in [1.165, 1.54) is 0 Å². The van der Waals surface area contributed by atoms with Crippen LogP contribution in [-0.4, -0.2) is 29.1 Å². The molecule has 3 aromatic carbocycles. The van der Waals surface area contributed by atoms with Crippen molar-refractivity contribution in [2.24, 2.45) is 5.73 Å². The molecule has 0 fully saturated rings. The van der Waals surface area contributed by atoms with E-state index in [0.29, 0.717) is 23.5 Å². The number of rotatable bonds is 10. The number of hydrogen-bond acceptors (Lipinski definition) is 4. The van der Waals surface area contributed by atoms with Crippen molar-refractivity contribution in [2.45, 2.75) is 37.6 Å². The second kappa shape index (κ2) is 10.8. The van der Waals surface area contributed by atoms with Gasteiger partial charge in [0.2, 0.25) is 0 Å². The molecule has 0 bridgehead atoms. The van der Waals surface area contributed by atoms with E-state index >= 15 is 0 Å². The van der Waals surface area contributed by atoms with Crippen LogP contribution in [0.5, 0.6) is 5.75 Å². The SMILES string of the molecule is NC(Cc1ccc(OCc2ccccc2)cc1)C(O)C(F)(F)C(=O)NCc1ccccc1. The van der Waals surface area contributed by atoms with Gasteiger partial charge in [-0.05, 0) is 35.2 Å². The summed E-state index contributed by atoms with van der Waals surface area (Å²) in [5.41, 5.74) is 8.15. The fourth-order valence-electron chi connectivity index (χ4n) is 3.15. The van der Waals surface area contributed by atoms with Gasteiger partial charge in [0, 0.05) is 12.6 Å². The lowest BCUT2D eigenvalue weighted by Gasteiger charge is -2.26. The maximum atomic E-state index is 14.4. The molecule has 3 aromatic rings. The molecule has 5 nitrogen and oxygen atoms in total. The van der Waals surface area contributed by atoms with E-state index in [9.17, 15) is 18.7 Å². The second-order valence-electron chi connectivity index (χ2n) is 7.52. The molecule has 0 aliphatic carbocycles. The van der Waals surface area contributed by atoms with Gasteiger partial charge in [-0.2, -0.15) is 8.78 Å². The molecule has 1 amide bonds. The Morgan fingerprint density at radius 1 is 0.906 bits per heavy atom. The number of aliphatic hydroxyl groups excluding tert-OH is 1. The third-order valence-corrected chi connectivity index (χ3v) is 5.02. The van der Waals surface area contributed by atoms with Crippen molar-refractivity contribution in [2.75, 3.05) is 0 Å². The quantitative estimate of drug-likeness (QED) is 0.451. The fourth-order valence-corrected chi connectivity index (χ4v) is 3.15. The van der Waals surface area contributed by atoms with Gasteiger partial charge in [0.15, 0.2) is 0 Å². The number of nitrogens with two attached hydrogens (primary N) is 1. The largest absolute Gasteiger partial charge is 0.489 e. The molecule has 0 saturated heterocycles. The van der Waals surface area contributed by atoms with Crippen molar-refractivity contribution in [3.05, 3.63) is 102 Å². The number of benzene rings is 3. The summed E-state index contributed by atoms with van der Waals surface area (Å²) in [6, 6.07) is 23.8. The predicted molar refractivity (Wildman–Crippen MR) is 118 cm³/mol. The van der Waals surface area contributed by atoms with E-state index in [4.69, 9.17) is 10.5 Å². The van der Waals surface area contributed by atoms with Crippen molar-refractivity contribution < 1.29 is 23.4 Å². The van der Waals surface area contributed by atoms with Gasteiger partial charge in [-0.1, -0.05) is 72.8 Å². The number of alkyl halides is 2. The number of carbonyl (C=O) groups excluding carboxylic acids is 1. The van der Waals surface area contributed by atoms with Gasteiger partial charge in [-0.25, -0.2) is 0 Å². The molecule has 0 aliphatic rings. The Hall–Kier alpha value is -3.29. The zero-order valence-corrected chi connectivity index (χ0v) is 17.5. The van der Waals surface area contributed by atoms with Crippen LogP contribution in [0.2, 0.25) is 0 Å². The standard InChI is InChI=1S/C25H26F2N2O3/c26-25(27,24(31)29-16-19-7-3-1-4-8-19)23(30)22(28)15-18-11-13-21(14-12-18)32-17-20-9-5-2-6-10-20/h1-14,22-23,30H,15-17,28H2,(H,29,31). The van der Waals surface area contributed by atoms with E-state index in [1.54, 1.807) is 54.6 Å². The van der Waals surface area contributed by atoms with Crippen LogP contribution in [-0.2, 0) is 24.4 Å². The summed E-state index contributed by atoms with van der Waals surface area (Å²) in [5.74, 6) is -4.96. The fraction of sp³-hybridized carbons (Fsp3) is 0.240. The highest BCUT2D eigenvalue weighted by Gasteiger charge is 2.49. The van der Waals surface area contributed by atoms with Crippen molar-refractivity contribution in [3.63, 3.8) is 0 Å².